The van der Waals surface area contributed by atoms with Crippen LogP contribution in [0.25, 0.3) is 0 Å². The highest BCUT2D eigenvalue weighted by Gasteiger charge is 2.18. The van der Waals surface area contributed by atoms with Crippen molar-refractivity contribution in [3.63, 3.8) is 0 Å². The number of anilines is 1. The van der Waals surface area contributed by atoms with E-state index in [1.54, 1.807) is 25.1 Å². The third kappa shape index (κ3) is 3.94. The van der Waals surface area contributed by atoms with Gasteiger partial charge in [0, 0.05) is 26.3 Å². The highest BCUT2D eigenvalue weighted by atomic mass is 32.2. The number of benzene rings is 1. The predicted molar refractivity (Wildman–Crippen MR) is 79.3 cm³/mol. The molecule has 1 saturated heterocycles. The molecule has 0 aliphatic carbocycles. The van der Waals surface area contributed by atoms with Gasteiger partial charge in [0.25, 0.3) is 0 Å². The summed E-state index contributed by atoms with van der Waals surface area (Å²) in [6, 6.07) is 7.00. The molecule has 1 aromatic rings. The van der Waals surface area contributed by atoms with Gasteiger partial charge in [-0.1, -0.05) is 19.1 Å². The molecular weight excluding hydrogens is 276 g/mol. The van der Waals surface area contributed by atoms with Crippen LogP contribution in [0.15, 0.2) is 29.2 Å². The Labute approximate surface area is 120 Å². The smallest absolute Gasteiger partial charge is 0.242 e. The second-order valence-electron chi connectivity index (χ2n) is 4.94. The van der Waals surface area contributed by atoms with E-state index < -0.39 is 10.0 Å². The Morgan fingerprint density at radius 1 is 1.35 bits per heavy atom. The van der Waals surface area contributed by atoms with Crippen LogP contribution in [0.2, 0.25) is 0 Å². The molecule has 2 rings (SSSR count). The lowest BCUT2D eigenvalue weighted by Gasteiger charge is -2.14. The minimum absolute atomic E-state index is 0.310. The molecule has 1 fully saturated rings. The molecule has 20 heavy (non-hydrogen) atoms. The van der Waals surface area contributed by atoms with E-state index in [1.807, 2.05) is 6.07 Å². The Hall–Kier alpha value is -1.11. The molecule has 1 unspecified atom stereocenters. The third-order valence-corrected chi connectivity index (χ3v) is 5.01. The van der Waals surface area contributed by atoms with E-state index in [9.17, 15) is 8.42 Å². The van der Waals surface area contributed by atoms with E-state index >= 15 is 0 Å². The Morgan fingerprint density at radius 3 is 2.85 bits per heavy atom. The van der Waals surface area contributed by atoms with Gasteiger partial charge in [-0.3, -0.25) is 0 Å². The minimum Gasteiger partial charge on any atom is -0.384 e. The normalized spacial score (nSPS) is 19.1. The van der Waals surface area contributed by atoms with Crippen molar-refractivity contribution < 1.29 is 13.2 Å². The van der Waals surface area contributed by atoms with Crippen molar-refractivity contribution in [1.82, 2.24) is 4.72 Å². The van der Waals surface area contributed by atoms with Crippen molar-refractivity contribution in [3.8, 4) is 0 Å². The molecule has 0 aromatic heterocycles. The third-order valence-electron chi connectivity index (χ3n) is 3.40. The zero-order valence-corrected chi connectivity index (χ0v) is 12.6. The molecule has 0 amide bonds. The van der Waals surface area contributed by atoms with Crippen molar-refractivity contribution in [2.24, 2.45) is 5.92 Å². The molecule has 112 valence electrons. The van der Waals surface area contributed by atoms with Crippen molar-refractivity contribution in [2.75, 3.05) is 31.6 Å². The summed E-state index contributed by atoms with van der Waals surface area (Å²) in [6.45, 7) is 4.57. The van der Waals surface area contributed by atoms with Crippen LogP contribution in [0.1, 0.15) is 19.8 Å². The molecule has 1 aromatic carbocycles. The number of para-hydroxylation sites is 1. The van der Waals surface area contributed by atoms with Gasteiger partial charge in [0.05, 0.1) is 5.69 Å². The maximum Gasteiger partial charge on any atom is 0.242 e. The zero-order valence-electron chi connectivity index (χ0n) is 11.8. The largest absolute Gasteiger partial charge is 0.384 e. The fourth-order valence-electron chi connectivity index (χ4n) is 2.34. The van der Waals surface area contributed by atoms with Gasteiger partial charge in [-0.25, -0.2) is 13.1 Å². The number of sulfonamides is 1. The first-order valence-electron chi connectivity index (χ1n) is 7.04. The van der Waals surface area contributed by atoms with E-state index in [0.29, 0.717) is 23.0 Å². The number of nitrogens with one attached hydrogen (secondary N) is 2. The predicted octanol–water partition coefficient (Wildman–Crippen LogP) is 1.82. The summed E-state index contributed by atoms with van der Waals surface area (Å²) in [5.41, 5.74) is 0.660. The fourth-order valence-corrected chi connectivity index (χ4v) is 3.56. The Kier molecular flexibility index (Phi) is 5.39. The molecule has 1 aliphatic heterocycles. The number of ether oxygens (including phenoxy) is 1. The highest BCUT2D eigenvalue weighted by molar-refractivity contribution is 7.89. The van der Waals surface area contributed by atoms with Crippen LogP contribution in [0.3, 0.4) is 0 Å². The number of rotatable bonds is 7. The molecule has 0 spiro atoms. The highest BCUT2D eigenvalue weighted by Crippen LogP contribution is 2.22. The molecule has 0 saturated carbocycles. The Morgan fingerprint density at radius 2 is 2.15 bits per heavy atom. The first-order chi connectivity index (χ1) is 9.63. The maximum atomic E-state index is 12.1. The molecule has 1 heterocycles. The first-order valence-corrected chi connectivity index (χ1v) is 8.52. The van der Waals surface area contributed by atoms with Crippen LogP contribution in [-0.4, -0.2) is 34.7 Å². The SMILES string of the molecule is CCNS(=O)(=O)c1ccccc1NCCC1CCOC1. The molecule has 0 radical (unpaired) electrons. The lowest BCUT2D eigenvalue weighted by molar-refractivity contribution is 0.185. The standard InChI is InChI=1S/C14H22N2O3S/c1-2-16-20(17,18)14-6-4-3-5-13(14)15-9-7-12-8-10-19-11-12/h3-6,12,15-16H,2,7-11H2,1H3. The average Bonchev–Trinajstić information content (AvgIpc) is 2.92. The molecule has 5 nitrogen and oxygen atoms in total. The van der Waals surface area contributed by atoms with E-state index in [4.69, 9.17) is 4.74 Å². The zero-order chi connectivity index (χ0) is 14.4. The topological polar surface area (TPSA) is 67.4 Å². The van der Waals surface area contributed by atoms with Crippen LogP contribution in [0.4, 0.5) is 5.69 Å². The molecule has 6 heteroatoms. The summed E-state index contributed by atoms with van der Waals surface area (Å²) in [4.78, 5) is 0.310. The van der Waals surface area contributed by atoms with Crippen molar-refractivity contribution >= 4 is 15.7 Å². The van der Waals surface area contributed by atoms with Crippen molar-refractivity contribution in [1.29, 1.82) is 0 Å². The van der Waals surface area contributed by atoms with Crippen molar-refractivity contribution in [2.45, 2.75) is 24.7 Å². The van der Waals surface area contributed by atoms with Gasteiger partial charge in [0.15, 0.2) is 0 Å². The molecule has 0 bridgehead atoms. The van der Waals surface area contributed by atoms with Gasteiger partial charge in [0.1, 0.15) is 4.90 Å². The number of hydrogen-bond donors (Lipinski definition) is 2. The minimum atomic E-state index is -3.43. The van der Waals surface area contributed by atoms with E-state index in [1.165, 1.54) is 0 Å². The fraction of sp³-hybridized carbons (Fsp3) is 0.571. The van der Waals surface area contributed by atoms with Gasteiger partial charge >= 0.3 is 0 Å². The second kappa shape index (κ2) is 7.06. The lowest BCUT2D eigenvalue weighted by Crippen LogP contribution is -2.24. The summed E-state index contributed by atoms with van der Waals surface area (Å²) in [5.74, 6) is 0.583. The summed E-state index contributed by atoms with van der Waals surface area (Å²) >= 11 is 0. The van der Waals surface area contributed by atoms with Crippen LogP contribution >= 0.6 is 0 Å². The van der Waals surface area contributed by atoms with Crippen LogP contribution in [0, 0.1) is 5.92 Å². The molecular formula is C14H22N2O3S. The summed E-state index contributed by atoms with van der Waals surface area (Å²) < 4.78 is 32.1. The summed E-state index contributed by atoms with van der Waals surface area (Å²) in [5, 5.41) is 3.23. The average molecular weight is 298 g/mol. The lowest BCUT2D eigenvalue weighted by atomic mass is 10.1. The van der Waals surface area contributed by atoms with E-state index in [-0.39, 0.29) is 0 Å². The van der Waals surface area contributed by atoms with E-state index in [0.717, 1.165) is 32.6 Å². The molecule has 1 atom stereocenters. The number of hydrogen-bond acceptors (Lipinski definition) is 4. The molecule has 2 N–H and O–H groups in total. The Balaban J connectivity index is 2.00. The maximum absolute atomic E-state index is 12.1. The van der Waals surface area contributed by atoms with Gasteiger partial charge in [-0.2, -0.15) is 0 Å². The van der Waals surface area contributed by atoms with Gasteiger partial charge < -0.3 is 10.1 Å². The van der Waals surface area contributed by atoms with E-state index in [2.05, 4.69) is 10.0 Å². The second-order valence-corrected chi connectivity index (χ2v) is 6.68. The van der Waals surface area contributed by atoms with Crippen LogP contribution < -0.4 is 10.0 Å². The van der Waals surface area contributed by atoms with Crippen LogP contribution in [-0.2, 0) is 14.8 Å². The summed E-state index contributed by atoms with van der Waals surface area (Å²) in [6.07, 6.45) is 2.09. The quantitative estimate of drug-likeness (QED) is 0.806. The van der Waals surface area contributed by atoms with Gasteiger partial charge in [-0.15, -0.1) is 0 Å². The van der Waals surface area contributed by atoms with Crippen LogP contribution in [0.5, 0.6) is 0 Å². The Bertz CT molecular complexity index is 525. The summed E-state index contributed by atoms with van der Waals surface area (Å²) in [7, 11) is -3.43. The van der Waals surface area contributed by atoms with Gasteiger partial charge in [0.2, 0.25) is 10.0 Å². The first kappa shape index (κ1) is 15.3. The molecule has 1 aliphatic rings. The van der Waals surface area contributed by atoms with Gasteiger partial charge in [-0.05, 0) is 30.9 Å². The monoisotopic (exact) mass is 298 g/mol. The van der Waals surface area contributed by atoms with Crippen molar-refractivity contribution in [3.05, 3.63) is 24.3 Å².